The van der Waals surface area contributed by atoms with Crippen molar-refractivity contribution in [2.45, 2.75) is 20.0 Å². The largest absolute Gasteiger partial charge is 0.465 e. The fourth-order valence-electron chi connectivity index (χ4n) is 4.53. The van der Waals surface area contributed by atoms with E-state index in [4.69, 9.17) is 4.74 Å². The van der Waals surface area contributed by atoms with Crippen molar-refractivity contribution in [3.05, 3.63) is 132 Å². The number of hydrogen-bond acceptors (Lipinski definition) is 3. The number of para-hydroxylation sites is 1. The molecule has 0 amide bonds. The van der Waals surface area contributed by atoms with E-state index in [-0.39, 0.29) is 11.8 Å². The highest BCUT2D eigenvalue weighted by atomic mass is 16.5. The van der Waals surface area contributed by atoms with Crippen LogP contribution >= 0.6 is 0 Å². The van der Waals surface area contributed by atoms with Crippen molar-refractivity contribution in [2.24, 2.45) is 0 Å². The summed E-state index contributed by atoms with van der Waals surface area (Å²) in [5.74, 6) is -0.250. The molecule has 5 nitrogen and oxygen atoms in total. The average molecular weight is 489 g/mol. The van der Waals surface area contributed by atoms with E-state index in [1.807, 2.05) is 36.4 Å². The Morgan fingerprint density at radius 1 is 0.703 bits per heavy atom. The molecule has 0 aliphatic heterocycles. The van der Waals surface area contributed by atoms with Crippen molar-refractivity contribution < 1.29 is 23.5 Å². The molecule has 0 N–H and O–H groups in total. The summed E-state index contributed by atoms with van der Waals surface area (Å²) < 4.78 is 9.16. The van der Waals surface area contributed by atoms with Crippen molar-refractivity contribution in [3.8, 4) is 11.1 Å². The molecule has 0 unspecified atom stereocenters. The molecule has 5 heteroatoms. The topological polar surface area (TPSA) is 51.1 Å². The minimum atomic E-state index is -0.330. The molecule has 3 aromatic carbocycles. The Balaban J connectivity index is 1.39. The van der Waals surface area contributed by atoms with Gasteiger partial charge in [-0.2, -0.15) is 4.57 Å². The van der Waals surface area contributed by atoms with Gasteiger partial charge < -0.3 is 4.74 Å². The third-order valence-electron chi connectivity index (χ3n) is 6.58. The Bertz CT molecular complexity index is 1570. The Morgan fingerprint density at radius 3 is 1.97 bits per heavy atom. The number of fused-ring (bicyclic) bond motifs is 1. The number of hydrogen-bond donors (Lipinski definition) is 0. The normalized spacial score (nSPS) is 10.9. The number of pyridine rings is 2. The van der Waals surface area contributed by atoms with E-state index < -0.39 is 0 Å². The highest BCUT2D eigenvalue weighted by molar-refractivity contribution is 5.94. The lowest BCUT2D eigenvalue weighted by Gasteiger charge is -2.08. The van der Waals surface area contributed by atoms with Gasteiger partial charge in [0, 0.05) is 46.5 Å². The second-order valence-electron chi connectivity index (χ2n) is 9.08. The van der Waals surface area contributed by atoms with Crippen LogP contribution in [0.2, 0.25) is 0 Å². The number of aromatic nitrogens is 2. The van der Waals surface area contributed by atoms with Crippen molar-refractivity contribution in [1.82, 2.24) is 0 Å². The van der Waals surface area contributed by atoms with Crippen LogP contribution in [0.25, 0.3) is 22.0 Å². The number of benzene rings is 3. The van der Waals surface area contributed by atoms with Crippen molar-refractivity contribution >= 4 is 22.7 Å². The summed E-state index contributed by atoms with van der Waals surface area (Å²) in [6.45, 7) is 3.02. The summed E-state index contributed by atoms with van der Waals surface area (Å²) in [6.07, 6.45) is 6.29. The standard InChI is InChI=1S/C32H28N2O3/c1-23(35)26-11-7-24(8-12-26)21-33-18-15-27(16-19-33)29-17-20-34(31-6-4-3-5-30(29)31)22-25-9-13-28(14-10-25)32(36)37-2/h3-20H,21-22H2,1-2H3/q+2. The summed E-state index contributed by atoms with van der Waals surface area (Å²) >= 11 is 0. The number of methoxy groups -OCH3 is 1. The molecule has 0 radical (unpaired) electrons. The molecule has 5 aromatic rings. The molecule has 0 saturated heterocycles. The van der Waals surface area contributed by atoms with Gasteiger partial charge in [-0.25, -0.2) is 9.36 Å². The number of carbonyl (C=O) groups excluding carboxylic acids is 2. The van der Waals surface area contributed by atoms with Crippen LogP contribution in [0.5, 0.6) is 0 Å². The third kappa shape index (κ3) is 5.31. The van der Waals surface area contributed by atoms with Gasteiger partial charge in [-0.05, 0) is 30.7 Å². The van der Waals surface area contributed by atoms with Crippen LogP contribution in [0, 0.1) is 0 Å². The second-order valence-corrected chi connectivity index (χ2v) is 9.08. The number of carbonyl (C=O) groups is 2. The highest BCUT2D eigenvalue weighted by Crippen LogP contribution is 2.26. The molecular formula is C32H28N2O3+2. The van der Waals surface area contributed by atoms with Gasteiger partial charge in [0.25, 0.3) is 0 Å². The Labute approximate surface area is 216 Å². The molecule has 182 valence electrons. The number of esters is 1. The molecule has 2 heterocycles. The lowest BCUT2D eigenvalue weighted by molar-refractivity contribution is -0.688. The molecule has 37 heavy (non-hydrogen) atoms. The molecule has 0 spiro atoms. The maximum Gasteiger partial charge on any atom is 0.337 e. The first kappa shape index (κ1) is 24.1. The second kappa shape index (κ2) is 10.5. The van der Waals surface area contributed by atoms with E-state index >= 15 is 0 Å². The molecular weight excluding hydrogens is 460 g/mol. The van der Waals surface area contributed by atoms with E-state index in [0.717, 1.165) is 34.3 Å². The van der Waals surface area contributed by atoms with Crippen LogP contribution in [0.3, 0.4) is 0 Å². The predicted octanol–water partition coefficient (Wildman–Crippen LogP) is 5.17. The maximum atomic E-state index is 11.7. The van der Waals surface area contributed by atoms with Crippen LogP contribution in [0.4, 0.5) is 0 Å². The molecule has 0 saturated carbocycles. The predicted molar refractivity (Wildman–Crippen MR) is 142 cm³/mol. The maximum absolute atomic E-state index is 11.7. The number of rotatable bonds is 7. The number of ketones is 1. The van der Waals surface area contributed by atoms with Crippen LogP contribution in [-0.4, -0.2) is 18.9 Å². The van der Waals surface area contributed by atoms with Gasteiger partial charge in [-0.15, -0.1) is 0 Å². The first-order valence-corrected chi connectivity index (χ1v) is 12.2. The Morgan fingerprint density at radius 2 is 1.32 bits per heavy atom. The smallest absolute Gasteiger partial charge is 0.337 e. The molecule has 0 fully saturated rings. The Kier molecular flexibility index (Phi) is 6.86. The summed E-state index contributed by atoms with van der Waals surface area (Å²) in [4.78, 5) is 23.3. The first-order chi connectivity index (χ1) is 18.0. The molecule has 5 rings (SSSR count). The SMILES string of the molecule is COC(=O)c1ccc(C[n+]2ccc(-c3cc[n+](Cc4ccc(C(C)=O)cc4)cc3)c3ccccc32)cc1. The van der Waals surface area contributed by atoms with Gasteiger partial charge in [0.1, 0.15) is 0 Å². The quantitative estimate of drug-likeness (QED) is 0.181. The number of nitrogens with zero attached hydrogens (tertiary/aromatic N) is 2. The lowest BCUT2D eigenvalue weighted by Crippen LogP contribution is -2.35. The third-order valence-corrected chi connectivity index (χ3v) is 6.58. The van der Waals surface area contributed by atoms with Crippen LogP contribution in [-0.2, 0) is 17.8 Å². The van der Waals surface area contributed by atoms with E-state index in [1.54, 1.807) is 19.1 Å². The van der Waals surface area contributed by atoms with Gasteiger partial charge in [-0.3, -0.25) is 4.79 Å². The average Bonchev–Trinajstić information content (AvgIpc) is 2.94. The zero-order chi connectivity index (χ0) is 25.8. The zero-order valence-electron chi connectivity index (χ0n) is 20.9. The summed E-state index contributed by atoms with van der Waals surface area (Å²) in [5.41, 5.74) is 6.99. The summed E-state index contributed by atoms with van der Waals surface area (Å²) in [6, 6.07) is 30.1. The van der Waals surface area contributed by atoms with Crippen molar-refractivity contribution in [3.63, 3.8) is 0 Å². The van der Waals surface area contributed by atoms with E-state index in [1.165, 1.54) is 18.1 Å². The van der Waals surface area contributed by atoms with E-state index in [9.17, 15) is 9.59 Å². The first-order valence-electron chi connectivity index (χ1n) is 12.2. The monoisotopic (exact) mass is 488 g/mol. The van der Waals surface area contributed by atoms with Crippen LogP contribution in [0.1, 0.15) is 38.8 Å². The minimum Gasteiger partial charge on any atom is -0.465 e. The number of ether oxygens (including phenoxy) is 1. The van der Waals surface area contributed by atoms with Crippen molar-refractivity contribution in [1.29, 1.82) is 0 Å². The minimum absolute atomic E-state index is 0.0800. The summed E-state index contributed by atoms with van der Waals surface area (Å²) in [7, 11) is 1.39. The Hall–Kier alpha value is -4.64. The fourth-order valence-corrected chi connectivity index (χ4v) is 4.53. The molecule has 0 atom stereocenters. The highest BCUT2D eigenvalue weighted by Gasteiger charge is 2.16. The lowest BCUT2D eigenvalue weighted by atomic mass is 10.0. The van der Waals surface area contributed by atoms with Crippen LogP contribution in [0.15, 0.2) is 110 Å². The van der Waals surface area contributed by atoms with Gasteiger partial charge in [0.15, 0.2) is 37.5 Å². The fraction of sp³-hybridized carbons (Fsp3) is 0.125. The van der Waals surface area contributed by atoms with E-state index in [2.05, 4.69) is 70.2 Å². The van der Waals surface area contributed by atoms with Crippen molar-refractivity contribution in [2.75, 3.05) is 7.11 Å². The number of Topliss-reactive ketones (excluding diaryl/α,β-unsaturated/α-hetero) is 1. The van der Waals surface area contributed by atoms with Gasteiger partial charge in [-0.1, -0.05) is 48.5 Å². The molecule has 0 aliphatic rings. The van der Waals surface area contributed by atoms with E-state index in [0.29, 0.717) is 12.1 Å². The van der Waals surface area contributed by atoms with Crippen LogP contribution < -0.4 is 9.13 Å². The summed E-state index contributed by atoms with van der Waals surface area (Å²) in [5, 5.41) is 1.17. The van der Waals surface area contributed by atoms with Gasteiger partial charge in [0.2, 0.25) is 5.52 Å². The molecule has 2 aromatic heterocycles. The molecule has 0 bridgehead atoms. The zero-order valence-corrected chi connectivity index (χ0v) is 20.9. The van der Waals surface area contributed by atoms with Gasteiger partial charge >= 0.3 is 5.97 Å². The molecule has 0 aliphatic carbocycles. The van der Waals surface area contributed by atoms with Gasteiger partial charge in [0.05, 0.1) is 18.1 Å².